The van der Waals surface area contributed by atoms with E-state index in [4.69, 9.17) is 0 Å². The molecule has 0 unspecified atom stereocenters. The zero-order valence-electron chi connectivity index (χ0n) is 17.8. The molecule has 1 saturated heterocycles. The highest BCUT2D eigenvalue weighted by Gasteiger charge is 2.16. The molecule has 1 fully saturated rings. The maximum atomic E-state index is 13.4. The van der Waals surface area contributed by atoms with Gasteiger partial charge in [0.05, 0.1) is 0 Å². The van der Waals surface area contributed by atoms with E-state index < -0.39 is 0 Å². The lowest BCUT2D eigenvalue weighted by Gasteiger charge is -2.34. The number of halogens is 4. The topological polar surface area (TPSA) is 6.48 Å². The normalized spacial score (nSPS) is 14.2. The molecular formula is C26H28Cl2F2N2. The minimum atomic E-state index is -0.258. The fraction of sp³-hybridized carbons (Fsp3) is 0.231. The average Bonchev–Trinajstić information content (AvgIpc) is 2.78. The summed E-state index contributed by atoms with van der Waals surface area (Å²) >= 11 is 0. The lowest BCUT2D eigenvalue weighted by molar-refractivity contribution is 0.137. The molecule has 0 bridgehead atoms. The number of hydrogen-bond acceptors (Lipinski definition) is 2. The summed E-state index contributed by atoms with van der Waals surface area (Å²) in [5, 5.41) is 0. The molecule has 0 saturated carbocycles. The summed E-state index contributed by atoms with van der Waals surface area (Å²) in [7, 11) is 0. The average molecular weight is 477 g/mol. The molecule has 32 heavy (non-hydrogen) atoms. The van der Waals surface area contributed by atoms with Gasteiger partial charge in [-0.25, -0.2) is 8.78 Å². The van der Waals surface area contributed by atoms with Gasteiger partial charge in [-0.1, -0.05) is 60.7 Å². The lowest BCUT2D eigenvalue weighted by atomic mass is 9.97. The van der Waals surface area contributed by atoms with Crippen molar-refractivity contribution in [2.75, 3.05) is 32.7 Å². The summed E-state index contributed by atoms with van der Waals surface area (Å²) in [6.07, 6.45) is 2.17. The van der Waals surface area contributed by atoms with Crippen LogP contribution in [0.4, 0.5) is 8.78 Å². The zero-order valence-corrected chi connectivity index (χ0v) is 19.4. The Labute approximate surface area is 201 Å². The van der Waals surface area contributed by atoms with Gasteiger partial charge in [-0.3, -0.25) is 9.80 Å². The van der Waals surface area contributed by atoms with Crippen molar-refractivity contribution < 1.29 is 8.78 Å². The molecule has 0 aromatic heterocycles. The van der Waals surface area contributed by atoms with Gasteiger partial charge in [0.25, 0.3) is 0 Å². The molecule has 1 aliphatic rings. The first kappa shape index (κ1) is 26.0. The van der Waals surface area contributed by atoms with Gasteiger partial charge in [-0.2, -0.15) is 0 Å². The number of nitrogens with zero attached hydrogens (tertiary/aromatic N) is 2. The van der Waals surface area contributed by atoms with Gasteiger partial charge in [0.15, 0.2) is 0 Å². The van der Waals surface area contributed by atoms with Crippen LogP contribution in [0.1, 0.15) is 16.7 Å². The van der Waals surface area contributed by atoms with E-state index in [0.717, 1.165) is 56.0 Å². The highest BCUT2D eigenvalue weighted by Crippen LogP contribution is 2.24. The molecule has 3 aromatic carbocycles. The van der Waals surface area contributed by atoms with Crippen molar-refractivity contribution >= 4 is 30.4 Å². The van der Waals surface area contributed by atoms with Crippen LogP contribution in [-0.4, -0.2) is 42.5 Å². The molecule has 1 aliphatic heterocycles. The Hall–Kier alpha value is -2.24. The minimum absolute atomic E-state index is 0. The van der Waals surface area contributed by atoms with E-state index in [1.807, 2.05) is 6.07 Å². The van der Waals surface area contributed by atoms with Gasteiger partial charge in [0.2, 0.25) is 0 Å². The second-order valence-corrected chi connectivity index (χ2v) is 7.69. The van der Waals surface area contributed by atoms with Crippen LogP contribution in [0.25, 0.3) is 5.57 Å². The predicted octanol–water partition coefficient (Wildman–Crippen LogP) is 6.06. The van der Waals surface area contributed by atoms with Gasteiger partial charge < -0.3 is 0 Å². The molecular weight excluding hydrogens is 449 g/mol. The number of piperazine rings is 1. The number of hydrogen-bond donors (Lipinski definition) is 0. The van der Waals surface area contributed by atoms with E-state index in [1.54, 1.807) is 24.3 Å². The van der Waals surface area contributed by atoms with Crippen LogP contribution in [0.3, 0.4) is 0 Å². The van der Waals surface area contributed by atoms with Crippen molar-refractivity contribution in [3.8, 4) is 0 Å². The van der Waals surface area contributed by atoms with Crippen molar-refractivity contribution in [1.82, 2.24) is 9.80 Å². The van der Waals surface area contributed by atoms with Crippen LogP contribution in [0.15, 0.2) is 84.9 Å². The van der Waals surface area contributed by atoms with Gasteiger partial charge in [0.1, 0.15) is 11.6 Å². The maximum absolute atomic E-state index is 13.4. The quantitative estimate of drug-likeness (QED) is 0.426. The molecule has 0 radical (unpaired) electrons. The molecule has 4 rings (SSSR count). The van der Waals surface area contributed by atoms with E-state index in [1.165, 1.54) is 29.8 Å². The summed E-state index contributed by atoms with van der Waals surface area (Å²) < 4.78 is 26.8. The third-order valence-electron chi connectivity index (χ3n) is 5.58. The van der Waals surface area contributed by atoms with Crippen LogP contribution in [-0.2, 0) is 6.54 Å². The third kappa shape index (κ3) is 7.14. The van der Waals surface area contributed by atoms with Crippen molar-refractivity contribution in [3.63, 3.8) is 0 Å². The first-order chi connectivity index (χ1) is 14.7. The molecule has 170 valence electrons. The molecule has 0 aliphatic carbocycles. The summed E-state index contributed by atoms with van der Waals surface area (Å²) in [4.78, 5) is 4.91. The van der Waals surface area contributed by atoms with Gasteiger partial charge in [-0.05, 0) is 46.5 Å². The fourth-order valence-electron chi connectivity index (χ4n) is 3.85. The van der Waals surface area contributed by atoms with Crippen LogP contribution in [0, 0.1) is 11.6 Å². The Kier molecular flexibility index (Phi) is 10.3. The minimum Gasteiger partial charge on any atom is -0.297 e. The first-order valence-corrected chi connectivity index (χ1v) is 10.4. The lowest BCUT2D eigenvalue weighted by Crippen LogP contribution is -2.45. The second kappa shape index (κ2) is 12.7. The zero-order chi connectivity index (χ0) is 20.8. The second-order valence-electron chi connectivity index (χ2n) is 7.69. The van der Waals surface area contributed by atoms with E-state index >= 15 is 0 Å². The van der Waals surface area contributed by atoms with Gasteiger partial charge in [0, 0.05) is 39.3 Å². The summed E-state index contributed by atoms with van der Waals surface area (Å²) in [5.74, 6) is -0.515. The molecule has 0 N–H and O–H groups in total. The Morgan fingerprint density at radius 3 is 1.62 bits per heavy atom. The maximum Gasteiger partial charge on any atom is 0.123 e. The van der Waals surface area contributed by atoms with Crippen molar-refractivity contribution in [2.24, 2.45) is 0 Å². The Bertz CT molecular complexity index is 921. The van der Waals surface area contributed by atoms with E-state index in [-0.39, 0.29) is 36.4 Å². The molecule has 6 heteroatoms. The smallest absolute Gasteiger partial charge is 0.123 e. The molecule has 0 atom stereocenters. The third-order valence-corrected chi connectivity index (χ3v) is 5.58. The highest BCUT2D eigenvalue weighted by atomic mass is 35.5. The molecule has 0 amide bonds. The van der Waals surface area contributed by atoms with Gasteiger partial charge >= 0.3 is 0 Å². The molecule has 0 spiro atoms. The molecule has 1 heterocycles. The van der Waals surface area contributed by atoms with Crippen LogP contribution >= 0.6 is 24.8 Å². The van der Waals surface area contributed by atoms with Gasteiger partial charge in [-0.15, -0.1) is 24.8 Å². The van der Waals surface area contributed by atoms with Crippen molar-refractivity contribution in [3.05, 3.63) is 113 Å². The monoisotopic (exact) mass is 476 g/mol. The summed E-state index contributed by atoms with van der Waals surface area (Å²) in [6.45, 7) is 5.87. The Morgan fingerprint density at radius 2 is 1.12 bits per heavy atom. The highest BCUT2D eigenvalue weighted by molar-refractivity contribution is 5.85. The van der Waals surface area contributed by atoms with E-state index in [2.05, 4.69) is 40.1 Å². The van der Waals surface area contributed by atoms with Crippen LogP contribution in [0.5, 0.6) is 0 Å². The Balaban J connectivity index is 0.00000181. The van der Waals surface area contributed by atoms with E-state index in [0.29, 0.717) is 0 Å². The standard InChI is InChI=1S/C26H26F2N2.2ClH/c27-24-10-6-22(7-11-24)26(23-8-12-25(28)13-9-23)14-15-29-16-18-30(19-17-29)20-21-4-2-1-3-5-21;;/h1-14H,15-20H2;2*1H. The van der Waals surface area contributed by atoms with Crippen molar-refractivity contribution in [2.45, 2.75) is 6.54 Å². The Morgan fingerprint density at radius 1 is 0.656 bits per heavy atom. The number of benzene rings is 3. The summed E-state index contributed by atoms with van der Waals surface area (Å²) in [5.41, 5.74) is 4.22. The first-order valence-electron chi connectivity index (χ1n) is 10.4. The summed E-state index contributed by atoms with van der Waals surface area (Å²) in [6, 6.07) is 23.6. The van der Waals surface area contributed by atoms with Crippen LogP contribution in [0.2, 0.25) is 0 Å². The molecule has 2 nitrogen and oxygen atoms in total. The van der Waals surface area contributed by atoms with E-state index in [9.17, 15) is 8.78 Å². The fourth-order valence-corrected chi connectivity index (χ4v) is 3.85. The van der Waals surface area contributed by atoms with Crippen LogP contribution < -0.4 is 0 Å². The molecule has 3 aromatic rings. The SMILES string of the molecule is Cl.Cl.Fc1ccc(C(=CCN2CCN(Cc3ccccc3)CC2)c2ccc(F)cc2)cc1. The predicted molar refractivity (Wildman–Crippen MR) is 133 cm³/mol. The van der Waals surface area contributed by atoms with Crippen molar-refractivity contribution in [1.29, 1.82) is 0 Å². The number of rotatable bonds is 6. The largest absolute Gasteiger partial charge is 0.297 e.